The van der Waals surface area contributed by atoms with Crippen LogP contribution in [0.15, 0.2) is 67.3 Å². The lowest BCUT2D eigenvalue weighted by Gasteiger charge is -2.24. The quantitative estimate of drug-likeness (QED) is 0.568. The van der Waals surface area contributed by atoms with E-state index >= 15 is 0 Å². The van der Waals surface area contributed by atoms with Crippen molar-refractivity contribution in [1.82, 2.24) is 20.6 Å². The number of para-hydroxylation sites is 1. The largest absolute Gasteiger partial charge is 0.493 e. The lowest BCUT2D eigenvalue weighted by atomic mass is 10.0. The number of nitrogens with one attached hydrogen (secondary N) is 2. The SMILES string of the molecule is COc1cccc(C(NCc2cccnc2)C(=O)NC(C)c2ccncc2)c1OC. The van der Waals surface area contributed by atoms with Crippen molar-refractivity contribution in [3.8, 4) is 11.5 Å². The van der Waals surface area contributed by atoms with E-state index in [9.17, 15) is 4.79 Å². The Bertz CT molecular complexity index is 951. The number of pyridine rings is 2. The van der Waals surface area contributed by atoms with Crippen molar-refractivity contribution in [3.05, 3.63) is 83.9 Å². The molecule has 156 valence electrons. The molecule has 2 aromatic heterocycles. The number of carbonyl (C=O) groups is 1. The van der Waals surface area contributed by atoms with Crippen LogP contribution in [0.5, 0.6) is 11.5 Å². The van der Waals surface area contributed by atoms with Crippen LogP contribution < -0.4 is 20.1 Å². The molecule has 2 unspecified atom stereocenters. The van der Waals surface area contributed by atoms with Crippen LogP contribution in [0.4, 0.5) is 0 Å². The van der Waals surface area contributed by atoms with Gasteiger partial charge in [-0.25, -0.2) is 0 Å². The van der Waals surface area contributed by atoms with Gasteiger partial charge in [-0.15, -0.1) is 0 Å². The number of ether oxygens (including phenoxy) is 2. The van der Waals surface area contributed by atoms with E-state index in [1.54, 1.807) is 45.1 Å². The number of aromatic nitrogens is 2. The molecular formula is C23H26N4O3. The third-order valence-corrected chi connectivity index (χ3v) is 4.80. The van der Waals surface area contributed by atoms with Gasteiger partial charge in [0.05, 0.1) is 20.3 Å². The summed E-state index contributed by atoms with van der Waals surface area (Å²) in [5.41, 5.74) is 2.64. The van der Waals surface area contributed by atoms with Gasteiger partial charge in [-0.3, -0.25) is 20.1 Å². The van der Waals surface area contributed by atoms with E-state index in [2.05, 4.69) is 20.6 Å². The molecule has 0 saturated carbocycles. The molecule has 2 heterocycles. The molecule has 0 fully saturated rings. The Kier molecular flexibility index (Phi) is 7.34. The van der Waals surface area contributed by atoms with E-state index in [-0.39, 0.29) is 11.9 Å². The summed E-state index contributed by atoms with van der Waals surface area (Å²) in [7, 11) is 3.14. The number of benzene rings is 1. The molecule has 0 aliphatic carbocycles. The Morgan fingerprint density at radius 1 is 1.00 bits per heavy atom. The zero-order valence-corrected chi connectivity index (χ0v) is 17.3. The topological polar surface area (TPSA) is 85.4 Å². The molecule has 0 radical (unpaired) electrons. The molecule has 0 bridgehead atoms. The molecule has 2 atom stereocenters. The van der Waals surface area contributed by atoms with Gasteiger partial charge in [-0.2, -0.15) is 0 Å². The van der Waals surface area contributed by atoms with Crippen molar-refractivity contribution in [2.45, 2.75) is 25.6 Å². The molecule has 30 heavy (non-hydrogen) atoms. The highest BCUT2D eigenvalue weighted by Gasteiger charge is 2.26. The van der Waals surface area contributed by atoms with Gasteiger partial charge in [-0.1, -0.05) is 18.2 Å². The normalized spacial score (nSPS) is 12.6. The Morgan fingerprint density at radius 3 is 2.47 bits per heavy atom. The summed E-state index contributed by atoms with van der Waals surface area (Å²) < 4.78 is 11.0. The molecule has 7 nitrogen and oxygen atoms in total. The van der Waals surface area contributed by atoms with Crippen molar-refractivity contribution >= 4 is 5.91 Å². The predicted octanol–water partition coefficient (Wildman–Crippen LogP) is 3.20. The molecule has 0 aliphatic heterocycles. The minimum absolute atomic E-state index is 0.172. The summed E-state index contributed by atoms with van der Waals surface area (Å²) in [4.78, 5) is 21.5. The highest BCUT2D eigenvalue weighted by atomic mass is 16.5. The third kappa shape index (κ3) is 5.12. The molecule has 3 rings (SSSR count). The van der Waals surface area contributed by atoms with Gasteiger partial charge in [0.15, 0.2) is 11.5 Å². The summed E-state index contributed by atoms with van der Waals surface area (Å²) in [6, 6.07) is 12.3. The van der Waals surface area contributed by atoms with Crippen LogP contribution in [0.3, 0.4) is 0 Å². The fraction of sp³-hybridized carbons (Fsp3) is 0.261. The van der Waals surface area contributed by atoms with Crippen LogP contribution in [0, 0.1) is 0 Å². The average molecular weight is 406 g/mol. The average Bonchev–Trinajstić information content (AvgIpc) is 2.80. The molecule has 0 saturated heterocycles. The molecular weight excluding hydrogens is 380 g/mol. The monoisotopic (exact) mass is 406 g/mol. The second-order valence-electron chi connectivity index (χ2n) is 6.77. The van der Waals surface area contributed by atoms with Crippen molar-refractivity contribution in [1.29, 1.82) is 0 Å². The third-order valence-electron chi connectivity index (χ3n) is 4.80. The van der Waals surface area contributed by atoms with Gasteiger partial charge >= 0.3 is 0 Å². The summed E-state index contributed by atoms with van der Waals surface area (Å²) in [5, 5.41) is 6.41. The minimum atomic E-state index is -0.653. The van der Waals surface area contributed by atoms with Crippen LogP contribution in [-0.4, -0.2) is 30.1 Å². The zero-order chi connectivity index (χ0) is 21.3. The summed E-state index contributed by atoms with van der Waals surface area (Å²) in [5.74, 6) is 0.920. The maximum absolute atomic E-state index is 13.3. The van der Waals surface area contributed by atoms with E-state index in [0.29, 0.717) is 23.6 Å². The van der Waals surface area contributed by atoms with Crippen molar-refractivity contribution in [2.24, 2.45) is 0 Å². The number of carbonyl (C=O) groups excluding carboxylic acids is 1. The fourth-order valence-corrected chi connectivity index (χ4v) is 3.24. The van der Waals surface area contributed by atoms with Crippen molar-refractivity contribution in [3.63, 3.8) is 0 Å². The lowest BCUT2D eigenvalue weighted by Crippen LogP contribution is -2.38. The van der Waals surface area contributed by atoms with Gasteiger partial charge in [0.2, 0.25) is 5.91 Å². The van der Waals surface area contributed by atoms with Gasteiger partial charge < -0.3 is 14.8 Å². The van der Waals surface area contributed by atoms with Gasteiger partial charge in [0, 0.05) is 36.9 Å². The van der Waals surface area contributed by atoms with Gasteiger partial charge in [0.25, 0.3) is 0 Å². The first-order chi connectivity index (χ1) is 14.6. The van der Waals surface area contributed by atoms with Crippen LogP contribution in [0.2, 0.25) is 0 Å². The Hall–Kier alpha value is -3.45. The van der Waals surface area contributed by atoms with Crippen LogP contribution >= 0.6 is 0 Å². The zero-order valence-electron chi connectivity index (χ0n) is 17.3. The van der Waals surface area contributed by atoms with E-state index in [1.165, 1.54) is 0 Å². The first-order valence-corrected chi connectivity index (χ1v) is 9.67. The first-order valence-electron chi connectivity index (χ1n) is 9.67. The van der Waals surface area contributed by atoms with E-state index < -0.39 is 6.04 Å². The molecule has 1 amide bonds. The molecule has 2 N–H and O–H groups in total. The van der Waals surface area contributed by atoms with Crippen LogP contribution in [0.1, 0.15) is 35.7 Å². The summed E-state index contributed by atoms with van der Waals surface area (Å²) in [6.45, 7) is 2.41. The molecule has 7 heteroatoms. The molecule has 0 spiro atoms. The van der Waals surface area contributed by atoms with Crippen LogP contribution in [-0.2, 0) is 11.3 Å². The van der Waals surface area contributed by atoms with Gasteiger partial charge in [0.1, 0.15) is 6.04 Å². The predicted molar refractivity (Wildman–Crippen MR) is 114 cm³/mol. The highest BCUT2D eigenvalue weighted by molar-refractivity contribution is 5.84. The second-order valence-corrected chi connectivity index (χ2v) is 6.77. The van der Waals surface area contributed by atoms with Crippen molar-refractivity contribution < 1.29 is 14.3 Å². The first kappa shape index (κ1) is 21.3. The van der Waals surface area contributed by atoms with Crippen molar-refractivity contribution in [2.75, 3.05) is 14.2 Å². The van der Waals surface area contributed by atoms with Crippen LogP contribution in [0.25, 0.3) is 0 Å². The number of methoxy groups -OCH3 is 2. The van der Waals surface area contributed by atoms with E-state index in [0.717, 1.165) is 11.1 Å². The standard InChI is InChI=1S/C23H26N4O3/c1-16(18-9-12-24-13-10-18)27-23(28)21(26-15-17-6-5-11-25-14-17)19-7-4-8-20(29-2)22(19)30-3/h4-14,16,21,26H,15H2,1-3H3,(H,27,28). The molecule has 0 aliphatic rings. The van der Waals surface area contributed by atoms with E-state index in [4.69, 9.17) is 9.47 Å². The number of amides is 1. The molecule has 1 aromatic carbocycles. The summed E-state index contributed by atoms with van der Waals surface area (Å²) in [6.07, 6.45) is 6.90. The minimum Gasteiger partial charge on any atom is -0.493 e. The smallest absolute Gasteiger partial charge is 0.242 e. The highest BCUT2D eigenvalue weighted by Crippen LogP contribution is 2.35. The van der Waals surface area contributed by atoms with E-state index in [1.807, 2.05) is 43.3 Å². The number of nitrogens with zero attached hydrogens (tertiary/aromatic N) is 2. The maximum atomic E-state index is 13.3. The summed E-state index contributed by atoms with van der Waals surface area (Å²) >= 11 is 0. The van der Waals surface area contributed by atoms with Gasteiger partial charge in [-0.05, 0) is 42.3 Å². The molecule has 3 aromatic rings. The Balaban J connectivity index is 1.88. The fourth-order valence-electron chi connectivity index (χ4n) is 3.24. The number of hydrogen-bond donors (Lipinski definition) is 2. The maximum Gasteiger partial charge on any atom is 0.242 e. The Labute approximate surface area is 176 Å². The second kappa shape index (κ2) is 10.4. The lowest BCUT2D eigenvalue weighted by molar-refractivity contribution is -0.124. The number of rotatable bonds is 9. The number of hydrogen-bond acceptors (Lipinski definition) is 6. The Morgan fingerprint density at radius 2 is 1.80 bits per heavy atom.